The Morgan fingerprint density at radius 1 is 1.31 bits per heavy atom. The molecule has 2 aliphatic rings. The third-order valence-electron chi connectivity index (χ3n) is 4.29. The lowest BCUT2D eigenvalue weighted by molar-refractivity contribution is 0.0907. The summed E-state index contributed by atoms with van der Waals surface area (Å²) in [5.74, 6) is 0. The lowest BCUT2D eigenvalue weighted by Gasteiger charge is -2.39. The molecule has 0 aliphatic carbocycles. The molecule has 0 aromatic carbocycles. The highest BCUT2D eigenvalue weighted by atomic mass is 15.3. The van der Waals surface area contributed by atoms with Crippen molar-refractivity contribution < 1.29 is 0 Å². The van der Waals surface area contributed by atoms with E-state index >= 15 is 0 Å². The number of piperazine rings is 1. The Bertz CT molecular complexity index is 201. The summed E-state index contributed by atoms with van der Waals surface area (Å²) in [5.41, 5.74) is 0. The van der Waals surface area contributed by atoms with Crippen molar-refractivity contribution in [3.05, 3.63) is 0 Å². The van der Waals surface area contributed by atoms with Crippen molar-refractivity contribution >= 4 is 0 Å². The van der Waals surface area contributed by atoms with Gasteiger partial charge in [-0.1, -0.05) is 6.92 Å². The van der Waals surface area contributed by atoms with Gasteiger partial charge in [-0.15, -0.1) is 0 Å². The van der Waals surface area contributed by atoms with Gasteiger partial charge in [-0.25, -0.2) is 0 Å². The Balaban J connectivity index is 1.69. The number of nitrogens with zero attached hydrogens (tertiary/aromatic N) is 2. The van der Waals surface area contributed by atoms with Crippen LogP contribution in [0.25, 0.3) is 0 Å². The normalized spacial score (nSPS) is 33.4. The van der Waals surface area contributed by atoms with Crippen molar-refractivity contribution in [1.82, 2.24) is 15.1 Å². The van der Waals surface area contributed by atoms with Gasteiger partial charge in [0.1, 0.15) is 0 Å². The van der Waals surface area contributed by atoms with Crippen molar-refractivity contribution in [3.63, 3.8) is 0 Å². The Morgan fingerprint density at radius 2 is 2.19 bits per heavy atom. The summed E-state index contributed by atoms with van der Waals surface area (Å²) in [6.45, 7) is 8.63. The summed E-state index contributed by atoms with van der Waals surface area (Å²) in [6.07, 6.45) is 5.41. The van der Waals surface area contributed by atoms with Gasteiger partial charge >= 0.3 is 0 Å². The highest BCUT2D eigenvalue weighted by Crippen LogP contribution is 2.13. The van der Waals surface area contributed by atoms with Gasteiger partial charge in [0.15, 0.2) is 0 Å². The molecule has 0 radical (unpaired) electrons. The van der Waals surface area contributed by atoms with Crippen molar-refractivity contribution in [2.24, 2.45) is 0 Å². The lowest BCUT2D eigenvalue weighted by Crippen LogP contribution is -2.51. The van der Waals surface area contributed by atoms with Gasteiger partial charge < -0.3 is 15.1 Å². The molecule has 2 aliphatic heterocycles. The van der Waals surface area contributed by atoms with E-state index in [4.69, 9.17) is 0 Å². The number of hydrogen-bond acceptors (Lipinski definition) is 3. The topological polar surface area (TPSA) is 18.5 Å². The molecule has 2 atom stereocenters. The van der Waals surface area contributed by atoms with E-state index in [9.17, 15) is 0 Å². The van der Waals surface area contributed by atoms with E-state index < -0.39 is 0 Å². The first-order valence-electron chi connectivity index (χ1n) is 6.95. The van der Waals surface area contributed by atoms with E-state index in [0.29, 0.717) is 0 Å². The molecule has 3 heteroatoms. The third kappa shape index (κ3) is 3.19. The first-order valence-corrected chi connectivity index (χ1v) is 6.95. The van der Waals surface area contributed by atoms with E-state index in [1.165, 1.54) is 58.4 Å². The van der Waals surface area contributed by atoms with Gasteiger partial charge in [-0.3, -0.25) is 0 Å². The summed E-state index contributed by atoms with van der Waals surface area (Å²) in [5, 5.41) is 3.59. The number of rotatable bonds is 4. The zero-order chi connectivity index (χ0) is 11.4. The summed E-state index contributed by atoms with van der Waals surface area (Å²) in [6, 6.07) is 1.59. The van der Waals surface area contributed by atoms with Crippen LogP contribution in [-0.2, 0) is 0 Å². The Kier molecular flexibility index (Phi) is 4.62. The van der Waals surface area contributed by atoms with Crippen LogP contribution in [0.3, 0.4) is 0 Å². The maximum Gasteiger partial charge on any atom is 0.0218 e. The van der Waals surface area contributed by atoms with Gasteiger partial charge in [0.05, 0.1) is 0 Å². The third-order valence-corrected chi connectivity index (χ3v) is 4.29. The van der Waals surface area contributed by atoms with Gasteiger partial charge in [0.2, 0.25) is 0 Å². The van der Waals surface area contributed by atoms with Crippen molar-refractivity contribution in [1.29, 1.82) is 0 Å². The molecule has 0 amide bonds. The molecule has 2 unspecified atom stereocenters. The van der Waals surface area contributed by atoms with Crippen LogP contribution in [0.5, 0.6) is 0 Å². The smallest absolute Gasteiger partial charge is 0.0218 e. The molecule has 3 nitrogen and oxygen atoms in total. The van der Waals surface area contributed by atoms with Crippen molar-refractivity contribution in [3.8, 4) is 0 Å². The first kappa shape index (κ1) is 12.3. The molecule has 2 heterocycles. The molecule has 94 valence electrons. The second-order valence-corrected chi connectivity index (χ2v) is 5.43. The quantitative estimate of drug-likeness (QED) is 0.774. The average Bonchev–Trinajstić information content (AvgIpc) is 2.81. The predicted molar refractivity (Wildman–Crippen MR) is 68.8 cm³/mol. The SMILES string of the molecule is CCC1CN(CCC2CCCN2)CCN1C. The molecule has 2 rings (SSSR count). The minimum atomic E-state index is 0.783. The highest BCUT2D eigenvalue weighted by Gasteiger charge is 2.23. The monoisotopic (exact) mass is 225 g/mol. The van der Waals surface area contributed by atoms with E-state index in [2.05, 4.69) is 29.1 Å². The molecule has 2 fully saturated rings. The van der Waals surface area contributed by atoms with E-state index in [1.54, 1.807) is 0 Å². The highest BCUT2D eigenvalue weighted by molar-refractivity contribution is 4.81. The summed E-state index contributed by atoms with van der Waals surface area (Å²) in [7, 11) is 2.27. The molecule has 0 aromatic rings. The van der Waals surface area contributed by atoms with E-state index in [0.717, 1.165) is 12.1 Å². The fraction of sp³-hybridized carbons (Fsp3) is 1.00. The Labute approximate surface area is 100 Å². The summed E-state index contributed by atoms with van der Waals surface area (Å²) < 4.78 is 0. The average molecular weight is 225 g/mol. The summed E-state index contributed by atoms with van der Waals surface area (Å²) >= 11 is 0. The van der Waals surface area contributed by atoms with Crippen LogP contribution in [-0.4, -0.2) is 61.7 Å². The van der Waals surface area contributed by atoms with Crippen molar-refractivity contribution in [2.75, 3.05) is 39.8 Å². The van der Waals surface area contributed by atoms with Crippen LogP contribution in [0.4, 0.5) is 0 Å². The second-order valence-electron chi connectivity index (χ2n) is 5.43. The van der Waals surface area contributed by atoms with Crippen LogP contribution < -0.4 is 5.32 Å². The minimum absolute atomic E-state index is 0.783. The molecular weight excluding hydrogens is 198 g/mol. The molecule has 0 spiro atoms. The molecule has 2 saturated heterocycles. The van der Waals surface area contributed by atoms with E-state index in [-0.39, 0.29) is 0 Å². The Hall–Kier alpha value is -0.120. The summed E-state index contributed by atoms with van der Waals surface area (Å²) in [4.78, 5) is 5.18. The largest absolute Gasteiger partial charge is 0.314 e. The number of hydrogen-bond donors (Lipinski definition) is 1. The van der Waals surface area contributed by atoms with E-state index in [1.807, 2.05) is 0 Å². The van der Waals surface area contributed by atoms with Gasteiger partial charge in [-0.2, -0.15) is 0 Å². The van der Waals surface area contributed by atoms with Crippen LogP contribution in [0.2, 0.25) is 0 Å². The number of nitrogens with one attached hydrogen (secondary N) is 1. The fourth-order valence-corrected chi connectivity index (χ4v) is 3.00. The standard InChI is InChI=1S/C13H27N3/c1-3-13-11-16(10-9-15(13)2)8-6-12-5-4-7-14-12/h12-14H,3-11H2,1-2H3. The molecular formula is C13H27N3. The van der Waals surface area contributed by atoms with Gasteiger partial charge in [0.25, 0.3) is 0 Å². The van der Waals surface area contributed by atoms with Gasteiger partial charge in [0, 0.05) is 31.7 Å². The van der Waals surface area contributed by atoms with Crippen LogP contribution in [0.1, 0.15) is 32.6 Å². The number of likely N-dealkylation sites (N-methyl/N-ethyl adjacent to an activating group) is 1. The maximum atomic E-state index is 3.59. The predicted octanol–water partition coefficient (Wildman–Crippen LogP) is 1.15. The fourth-order valence-electron chi connectivity index (χ4n) is 3.00. The first-order chi connectivity index (χ1) is 7.79. The van der Waals surface area contributed by atoms with Crippen LogP contribution >= 0.6 is 0 Å². The zero-order valence-corrected chi connectivity index (χ0v) is 10.9. The van der Waals surface area contributed by atoms with Gasteiger partial charge in [-0.05, 0) is 45.8 Å². The second kappa shape index (κ2) is 5.99. The minimum Gasteiger partial charge on any atom is -0.314 e. The lowest BCUT2D eigenvalue weighted by atomic mass is 10.1. The molecule has 0 saturated carbocycles. The van der Waals surface area contributed by atoms with Crippen LogP contribution in [0, 0.1) is 0 Å². The molecule has 1 N–H and O–H groups in total. The zero-order valence-electron chi connectivity index (χ0n) is 10.9. The molecule has 0 bridgehead atoms. The molecule has 16 heavy (non-hydrogen) atoms. The van der Waals surface area contributed by atoms with Crippen molar-refractivity contribution in [2.45, 2.75) is 44.7 Å². The molecule has 0 aromatic heterocycles. The Morgan fingerprint density at radius 3 is 2.88 bits per heavy atom. The van der Waals surface area contributed by atoms with Crippen LogP contribution in [0.15, 0.2) is 0 Å². The maximum absolute atomic E-state index is 3.59.